The zero-order chi connectivity index (χ0) is 16.9. The normalized spacial score (nSPS) is 16.2. The number of hydrogen-bond donors (Lipinski definition) is 1. The molecule has 1 aliphatic rings. The highest BCUT2D eigenvalue weighted by molar-refractivity contribution is 5.93. The third-order valence-corrected chi connectivity index (χ3v) is 4.65. The van der Waals surface area contributed by atoms with Gasteiger partial charge in [0.1, 0.15) is 12.4 Å². The smallest absolute Gasteiger partial charge is 0.289 e. The summed E-state index contributed by atoms with van der Waals surface area (Å²) in [5, 5.41) is 0. The van der Waals surface area contributed by atoms with Gasteiger partial charge in [-0.05, 0) is 43.9 Å². The molecule has 1 aromatic carbocycles. The fraction of sp³-hybridized carbons (Fsp3) is 0.421. The molecule has 6 heteroatoms. The maximum Gasteiger partial charge on any atom is 0.289 e. The highest BCUT2D eigenvalue weighted by atomic mass is 35.5. The molecule has 1 unspecified atom stereocenters. The maximum absolute atomic E-state index is 12.7. The van der Waals surface area contributed by atoms with Gasteiger partial charge in [-0.25, -0.2) is 0 Å². The average Bonchev–Trinajstić information content (AvgIpc) is 3.09. The minimum absolute atomic E-state index is 0. The lowest BCUT2D eigenvalue weighted by Gasteiger charge is -2.33. The Labute approximate surface area is 154 Å². The van der Waals surface area contributed by atoms with Crippen molar-refractivity contribution >= 4 is 18.3 Å². The number of para-hydroxylation sites is 1. The Morgan fingerprint density at radius 1 is 1.28 bits per heavy atom. The Balaban J connectivity index is 0.00000225. The number of furan rings is 1. The Morgan fingerprint density at radius 3 is 2.60 bits per heavy atom. The fourth-order valence-corrected chi connectivity index (χ4v) is 3.09. The molecule has 0 radical (unpaired) electrons. The summed E-state index contributed by atoms with van der Waals surface area (Å²) in [6, 6.07) is 11.5. The van der Waals surface area contributed by atoms with Crippen LogP contribution in [0.3, 0.4) is 0 Å². The number of hydrogen-bond acceptors (Lipinski definition) is 4. The molecule has 1 amide bonds. The van der Waals surface area contributed by atoms with Gasteiger partial charge in [-0.3, -0.25) is 4.79 Å². The van der Waals surface area contributed by atoms with E-state index in [9.17, 15) is 4.79 Å². The molecule has 0 spiro atoms. The first kappa shape index (κ1) is 19.3. The second kappa shape index (κ2) is 8.92. The van der Waals surface area contributed by atoms with Crippen molar-refractivity contribution in [2.75, 3.05) is 13.1 Å². The maximum atomic E-state index is 12.7. The van der Waals surface area contributed by atoms with Crippen LogP contribution in [-0.4, -0.2) is 29.9 Å². The third-order valence-electron chi connectivity index (χ3n) is 4.65. The van der Waals surface area contributed by atoms with Crippen molar-refractivity contribution in [2.24, 2.45) is 11.7 Å². The molecular weight excluding hydrogens is 340 g/mol. The van der Waals surface area contributed by atoms with Crippen molar-refractivity contribution in [1.29, 1.82) is 0 Å². The zero-order valence-corrected chi connectivity index (χ0v) is 15.2. The van der Waals surface area contributed by atoms with Crippen LogP contribution in [0.15, 0.2) is 47.1 Å². The predicted molar refractivity (Wildman–Crippen MR) is 99.0 cm³/mol. The van der Waals surface area contributed by atoms with E-state index < -0.39 is 0 Å². The number of benzene rings is 1. The number of halogens is 1. The van der Waals surface area contributed by atoms with Gasteiger partial charge in [0.15, 0.2) is 5.76 Å². The van der Waals surface area contributed by atoms with E-state index in [4.69, 9.17) is 14.9 Å². The summed E-state index contributed by atoms with van der Waals surface area (Å²) in [7, 11) is 0. The SMILES string of the molecule is CC(N)C1CCN(C(=O)c2occc2COc2ccccc2)CC1.Cl. The highest BCUT2D eigenvalue weighted by Gasteiger charge is 2.28. The van der Waals surface area contributed by atoms with E-state index in [1.54, 1.807) is 12.3 Å². The Morgan fingerprint density at radius 2 is 1.96 bits per heavy atom. The van der Waals surface area contributed by atoms with Crippen LogP contribution >= 0.6 is 12.4 Å². The number of likely N-dealkylation sites (tertiary alicyclic amines) is 1. The van der Waals surface area contributed by atoms with Crippen molar-refractivity contribution in [1.82, 2.24) is 4.90 Å². The van der Waals surface area contributed by atoms with Crippen molar-refractivity contribution < 1.29 is 13.9 Å². The standard InChI is InChI=1S/C19H24N2O3.ClH/c1-14(20)15-7-10-21(11-8-15)19(22)18-16(9-12-23-18)13-24-17-5-3-2-4-6-17;/h2-6,9,12,14-15H,7-8,10-11,13,20H2,1H3;1H. The highest BCUT2D eigenvalue weighted by Crippen LogP contribution is 2.23. The molecule has 25 heavy (non-hydrogen) atoms. The van der Waals surface area contributed by atoms with E-state index in [0.717, 1.165) is 37.2 Å². The molecule has 0 bridgehead atoms. The van der Waals surface area contributed by atoms with Gasteiger partial charge in [0.25, 0.3) is 5.91 Å². The van der Waals surface area contributed by atoms with Gasteiger partial charge >= 0.3 is 0 Å². The zero-order valence-electron chi connectivity index (χ0n) is 14.4. The Hall–Kier alpha value is -1.98. The molecule has 1 fully saturated rings. The minimum Gasteiger partial charge on any atom is -0.489 e. The van der Waals surface area contributed by atoms with Crippen LogP contribution in [0.25, 0.3) is 0 Å². The van der Waals surface area contributed by atoms with E-state index in [-0.39, 0.29) is 24.4 Å². The lowest BCUT2D eigenvalue weighted by molar-refractivity contribution is 0.0645. The number of nitrogens with zero attached hydrogens (tertiary/aromatic N) is 1. The van der Waals surface area contributed by atoms with E-state index >= 15 is 0 Å². The summed E-state index contributed by atoms with van der Waals surface area (Å²) in [6.45, 7) is 3.81. The van der Waals surface area contributed by atoms with Crippen LogP contribution < -0.4 is 10.5 Å². The number of rotatable bonds is 5. The monoisotopic (exact) mass is 364 g/mol. The van der Waals surface area contributed by atoms with Crippen LogP contribution in [0.4, 0.5) is 0 Å². The van der Waals surface area contributed by atoms with Gasteiger partial charge in [0.2, 0.25) is 0 Å². The van der Waals surface area contributed by atoms with E-state index in [1.807, 2.05) is 42.2 Å². The first-order valence-corrected chi connectivity index (χ1v) is 8.44. The molecule has 1 atom stereocenters. The summed E-state index contributed by atoms with van der Waals surface area (Å²) in [5.74, 6) is 1.58. The van der Waals surface area contributed by atoms with E-state index in [1.165, 1.54) is 0 Å². The van der Waals surface area contributed by atoms with Crippen molar-refractivity contribution in [3.8, 4) is 5.75 Å². The molecule has 1 aliphatic heterocycles. The summed E-state index contributed by atoms with van der Waals surface area (Å²) in [6.07, 6.45) is 3.44. The number of carbonyl (C=O) groups is 1. The van der Waals surface area contributed by atoms with Gasteiger partial charge < -0.3 is 19.8 Å². The van der Waals surface area contributed by atoms with Gasteiger partial charge in [0, 0.05) is 24.7 Å². The number of amides is 1. The summed E-state index contributed by atoms with van der Waals surface area (Å²) in [4.78, 5) is 14.6. The second-order valence-electron chi connectivity index (χ2n) is 6.37. The Kier molecular flexibility index (Phi) is 6.91. The minimum atomic E-state index is -0.0604. The van der Waals surface area contributed by atoms with Crippen molar-refractivity contribution in [3.05, 3.63) is 54.0 Å². The molecular formula is C19H25ClN2O3. The van der Waals surface area contributed by atoms with Crippen LogP contribution in [0.2, 0.25) is 0 Å². The molecule has 2 heterocycles. The van der Waals surface area contributed by atoms with E-state index in [2.05, 4.69) is 0 Å². The molecule has 1 aromatic heterocycles. The number of piperidine rings is 1. The largest absolute Gasteiger partial charge is 0.489 e. The summed E-state index contributed by atoms with van der Waals surface area (Å²) < 4.78 is 11.2. The summed E-state index contributed by atoms with van der Waals surface area (Å²) in [5.41, 5.74) is 6.74. The fourth-order valence-electron chi connectivity index (χ4n) is 3.09. The molecule has 0 aliphatic carbocycles. The predicted octanol–water partition coefficient (Wildman–Crippen LogP) is 3.48. The molecule has 1 saturated heterocycles. The lowest BCUT2D eigenvalue weighted by Crippen LogP contribution is -2.42. The van der Waals surface area contributed by atoms with Crippen LogP contribution in [0.1, 0.15) is 35.9 Å². The van der Waals surface area contributed by atoms with Crippen molar-refractivity contribution in [2.45, 2.75) is 32.4 Å². The quantitative estimate of drug-likeness (QED) is 0.881. The molecule has 2 aromatic rings. The summed E-state index contributed by atoms with van der Waals surface area (Å²) >= 11 is 0. The van der Waals surface area contributed by atoms with Gasteiger partial charge in [0.05, 0.1) is 6.26 Å². The van der Waals surface area contributed by atoms with Crippen LogP contribution in [-0.2, 0) is 6.61 Å². The molecule has 136 valence electrons. The van der Waals surface area contributed by atoms with Crippen LogP contribution in [0, 0.1) is 5.92 Å². The second-order valence-corrected chi connectivity index (χ2v) is 6.37. The number of nitrogens with two attached hydrogens (primary N) is 1. The van der Waals surface area contributed by atoms with Crippen molar-refractivity contribution in [3.63, 3.8) is 0 Å². The number of carbonyl (C=O) groups excluding carboxylic acids is 1. The number of ether oxygens (including phenoxy) is 1. The van der Waals surface area contributed by atoms with Crippen LogP contribution in [0.5, 0.6) is 5.75 Å². The third kappa shape index (κ3) is 4.77. The molecule has 0 saturated carbocycles. The lowest BCUT2D eigenvalue weighted by atomic mass is 9.91. The Bertz CT molecular complexity index is 664. The molecule has 3 rings (SSSR count). The topological polar surface area (TPSA) is 68.7 Å². The average molecular weight is 365 g/mol. The molecule has 2 N–H and O–H groups in total. The van der Waals surface area contributed by atoms with Gasteiger partial charge in [-0.15, -0.1) is 12.4 Å². The van der Waals surface area contributed by atoms with E-state index in [0.29, 0.717) is 18.3 Å². The van der Waals surface area contributed by atoms with Gasteiger partial charge in [-0.1, -0.05) is 18.2 Å². The first-order chi connectivity index (χ1) is 11.6. The first-order valence-electron chi connectivity index (χ1n) is 8.44. The van der Waals surface area contributed by atoms with Gasteiger partial charge in [-0.2, -0.15) is 0 Å². The molecule has 5 nitrogen and oxygen atoms in total.